The average molecular weight is 379 g/mol. The lowest BCUT2D eigenvalue weighted by atomic mass is 10.1. The molecule has 0 aliphatic rings. The molecule has 0 fully saturated rings. The second-order valence-corrected chi connectivity index (χ2v) is 7.46. The Bertz CT molecular complexity index is 914. The third kappa shape index (κ3) is 4.90. The zero-order valence-electron chi connectivity index (χ0n) is 15.5. The van der Waals surface area contributed by atoms with Crippen LogP contribution in [0.3, 0.4) is 0 Å². The quantitative estimate of drug-likeness (QED) is 0.297. The van der Waals surface area contributed by atoms with Crippen LogP contribution >= 0.6 is 11.8 Å². The van der Waals surface area contributed by atoms with Crippen molar-refractivity contribution in [2.24, 2.45) is 5.11 Å². The van der Waals surface area contributed by atoms with Crippen LogP contribution in [0.15, 0.2) is 69.8 Å². The summed E-state index contributed by atoms with van der Waals surface area (Å²) in [6, 6.07) is 16.2. The van der Waals surface area contributed by atoms with E-state index in [9.17, 15) is 0 Å². The maximum absolute atomic E-state index is 8.61. The van der Waals surface area contributed by atoms with Crippen molar-refractivity contribution in [1.82, 2.24) is 14.5 Å². The van der Waals surface area contributed by atoms with Gasteiger partial charge in [-0.1, -0.05) is 55.0 Å². The standard InChI is InChI=1S/C20H22N6S/c1-15(2)19-20(27-17-9-4-3-5-10-17)26(14-16-8-6-7-12-22-16)18(24-19)11-13-23-25-21/h3-10,12,15H,11,13-14H2,1-2H3. The van der Waals surface area contributed by atoms with Gasteiger partial charge in [0.2, 0.25) is 0 Å². The van der Waals surface area contributed by atoms with Crippen molar-refractivity contribution in [3.8, 4) is 0 Å². The first kappa shape index (κ1) is 19.0. The molecule has 0 amide bonds. The summed E-state index contributed by atoms with van der Waals surface area (Å²) in [6.07, 6.45) is 2.41. The van der Waals surface area contributed by atoms with Crippen LogP contribution in [0.5, 0.6) is 0 Å². The van der Waals surface area contributed by atoms with Crippen LogP contribution in [-0.4, -0.2) is 21.1 Å². The molecule has 0 bridgehead atoms. The molecular weight excluding hydrogens is 356 g/mol. The molecular formula is C20H22N6S. The van der Waals surface area contributed by atoms with Crippen molar-refractivity contribution in [3.05, 3.63) is 82.4 Å². The van der Waals surface area contributed by atoms with Crippen molar-refractivity contribution < 1.29 is 0 Å². The van der Waals surface area contributed by atoms with Crippen LogP contribution in [0.4, 0.5) is 0 Å². The van der Waals surface area contributed by atoms with Crippen molar-refractivity contribution in [3.63, 3.8) is 0 Å². The Morgan fingerprint density at radius 3 is 2.59 bits per heavy atom. The van der Waals surface area contributed by atoms with Gasteiger partial charge in [-0.3, -0.25) is 4.98 Å². The molecule has 3 aromatic rings. The Morgan fingerprint density at radius 2 is 1.93 bits per heavy atom. The average Bonchev–Trinajstić information content (AvgIpc) is 3.01. The summed E-state index contributed by atoms with van der Waals surface area (Å²) in [5.41, 5.74) is 10.7. The Labute approximate surface area is 163 Å². The van der Waals surface area contributed by atoms with E-state index in [1.54, 1.807) is 18.0 Å². The zero-order chi connectivity index (χ0) is 19.1. The van der Waals surface area contributed by atoms with E-state index in [1.807, 2.05) is 36.4 Å². The Hall–Kier alpha value is -2.76. The van der Waals surface area contributed by atoms with Crippen LogP contribution in [0, 0.1) is 0 Å². The van der Waals surface area contributed by atoms with Gasteiger partial charge in [0.15, 0.2) is 0 Å². The van der Waals surface area contributed by atoms with Crippen molar-refractivity contribution in [1.29, 1.82) is 0 Å². The van der Waals surface area contributed by atoms with Crippen LogP contribution in [-0.2, 0) is 13.0 Å². The lowest BCUT2D eigenvalue weighted by Gasteiger charge is -2.13. The molecule has 138 valence electrons. The first-order chi connectivity index (χ1) is 13.2. The molecule has 3 rings (SSSR count). The molecule has 2 aromatic heterocycles. The molecule has 1 aromatic carbocycles. The molecule has 0 N–H and O–H groups in total. The molecule has 0 saturated carbocycles. The highest BCUT2D eigenvalue weighted by molar-refractivity contribution is 7.99. The van der Waals surface area contributed by atoms with Gasteiger partial charge in [0.05, 0.1) is 17.9 Å². The summed E-state index contributed by atoms with van der Waals surface area (Å²) < 4.78 is 2.21. The molecule has 7 heteroatoms. The van der Waals surface area contributed by atoms with Gasteiger partial charge in [0, 0.05) is 29.0 Å². The molecule has 0 radical (unpaired) electrons. The third-order valence-electron chi connectivity index (χ3n) is 4.07. The highest BCUT2D eigenvalue weighted by Crippen LogP contribution is 2.35. The number of hydrogen-bond acceptors (Lipinski definition) is 4. The molecule has 0 atom stereocenters. The van der Waals surface area contributed by atoms with Crippen LogP contribution in [0.1, 0.15) is 37.0 Å². The maximum Gasteiger partial charge on any atom is 0.110 e. The fraction of sp³-hybridized carbons (Fsp3) is 0.300. The van der Waals surface area contributed by atoms with E-state index in [4.69, 9.17) is 10.5 Å². The van der Waals surface area contributed by atoms with Crippen molar-refractivity contribution >= 4 is 11.8 Å². The predicted molar refractivity (Wildman–Crippen MR) is 108 cm³/mol. The summed E-state index contributed by atoms with van der Waals surface area (Å²) in [6.45, 7) is 5.34. The lowest BCUT2D eigenvalue weighted by Crippen LogP contribution is -2.09. The number of aromatic nitrogens is 3. The predicted octanol–water partition coefficient (Wildman–Crippen LogP) is 5.45. The number of pyridine rings is 1. The minimum absolute atomic E-state index is 0.291. The second-order valence-electron chi connectivity index (χ2n) is 6.40. The fourth-order valence-corrected chi connectivity index (χ4v) is 3.97. The molecule has 0 aliphatic heterocycles. The Morgan fingerprint density at radius 1 is 1.15 bits per heavy atom. The zero-order valence-corrected chi connectivity index (χ0v) is 16.3. The van der Waals surface area contributed by atoms with Crippen molar-refractivity contribution in [2.45, 2.75) is 42.7 Å². The monoisotopic (exact) mass is 378 g/mol. The van der Waals surface area contributed by atoms with Crippen LogP contribution in [0.2, 0.25) is 0 Å². The molecule has 2 heterocycles. The largest absolute Gasteiger partial charge is 0.317 e. The number of nitrogens with zero attached hydrogens (tertiary/aromatic N) is 6. The topological polar surface area (TPSA) is 79.5 Å². The molecule has 0 unspecified atom stereocenters. The van der Waals surface area contributed by atoms with E-state index in [1.165, 1.54) is 4.90 Å². The summed E-state index contributed by atoms with van der Waals surface area (Å²) in [4.78, 5) is 13.4. The van der Waals surface area contributed by atoms with Gasteiger partial charge in [-0.2, -0.15) is 0 Å². The normalized spacial score (nSPS) is 10.8. The SMILES string of the molecule is CC(C)c1nc(CCN=[N+]=[N-])n(Cc2ccccn2)c1Sc1ccccc1. The maximum atomic E-state index is 8.61. The van der Waals surface area contributed by atoms with Crippen LogP contribution < -0.4 is 0 Å². The van der Waals surface area contributed by atoms with Crippen LogP contribution in [0.25, 0.3) is 10.4 Å². The highest BCUT2D eigenvalue weighted by Gasteiger charge is 2.20. The van der Waals surface area contributed by atoms with Gasteiger partial charge in [0.1, 0.15) is 10.9 Å². The molecule has 0 spiro atoms. The van der Waals surface area contributed by atoms with Gasteiger partial charge in [-0.05, 0) is 35.7 Å². The number of hydrogen-bond donors (Lipinski definition) is 0. The number of benzene rings is 1. The van der Waals surface area contributed by atoms with E-state index in [-0.39, 0.29) is 0 Å². The first-order valence-corrected chi connectivity index (χ1v) is 9.73. The minimum atomic E-state index is 0.291. The van der Waals surface area contributed by atoms with E-state index in [0.717, 1.165) is 22.2 Å². The summed E-state index contributed by atoms with van der Waals surface area (Å²) in [7, 11) is 0. The van der Waals surface area contributed by atoms with Gasteiger partial charge in [-0.25, -0.2) is 4.98 Å². The fourth-order valence-electron chi connectivity index (χ4n) is 2.79. The van der Waals surface area contributed by atoms with Gasteiger partial charge in [0.25, 0.3) is 0 Å². The van der Waals surface area contributed by atoms with Gasteiger partial charge < -0.3 is 4.57 Å². The Kier molecular flexibility index (Phi) is 6.52. The number of rotatable bonds is 8. The van der Waals surface area contributed by atoms with Gasteiger partial charge in [-0.15, -0.1) is 0 Å². The lowest BCUT2D eigenvalue weighted by molar-refractivity contribution is 0.653. The Balaban J connectivity index is 2.04. The van der Waals surface area contributed by atoms with E-state index in [0.29, 0.717) is 25.4 Å². The summed E-state index contributed by atoms with van der Waals surface area (Å²) >= 11 is 1.72. The highest BCUT2D eigenvalue weighted by atomic mass is 32.2. The number of azide groups is 1. The smallest absolute Gasteiger partial charge is 0.110 e. The summed E-state index contributed by atoms with van der Waals surface area (Å²) in [5, 5.41) is 4.81. The second kappa shape index (κ2) is 9.26. The first-order valence-electron chi connectivity index (χ1n) is 8.92. The number of imidazole rings is 1. The van der Waals surface area contributed by atoms with E-state index < -0.39 is 0 Å². The molecule has 27 heavy (non-hydrogen) atoms. The molecule has 0 saturated heterocycles. The summed E-state index contributed by atoms with van der Waals surface area (Å²) in [5.74, 6) is 1.22. The third-order valence-corrected chi connectivity index (χ3v) is 5.21. The molecule has 0 aliphatic carbocycles. The van der Waals surface area contributed by atoms with E-state index >= 15 is 0 Å². The van der Waals surface area contributed by atoms with Gasteiger partial charge >= 0.3 is 0 Å². The minimum Gasteiger partial charge on any atom is -0.317 e. The molecule has 6 nitrogen and oxygen atoms in total. The van der Waals surface area contributed by atoms with E-state index in [2.05, 4.69) is 45.6 Å². The van der Waals surface area contributed by atoms with Crippen molar-refractivity contribution in [2.75, 3.05) is 6.54 Å².